The molecule has 0 spiro atoms. The minimum absolute atomic E-state index is 0.00183. The molecule has 0 unspecified atom stereocenters. The van der Waals surface area contributed by atoms with Gasteiger partial charge < -0.3 is 20.5 Å². The first kappa shape index (κ1) is 15.8. The van der Waals surface area contributed by atoms with Crippen LogP contribution in [0.25, 0.3) is 0 Å². The van der Waals surface area contributed by atoms with Crippen molar-refractivity contribution in [2.75, 3.05) is 19.7 Å². The number of likely N-dealkylation sites (tertiary alicyclic amines) is 1. The van der Waals surface area contributed by atoms with E-state index in [-0.39, 0.29) is 17.8 Å². The first-order valence-electron chi connectivity index (χ1n) is 7.54. The number of aromatic hydroxyl groups is 1. The average Bonchev–Trinajstić information content (AvgIpc) is 2.50. The molecule has 1 aromatic carbocycles. The molecular formula is C16H24N2O3. The van der Waals surface area contributed by atoms with Crippen LogP contribution in [0.5, 0.6) is 5.75 Å². The van der Waals surface area contributed by atoms with Crippen LogP contribution in [0.15, 0.2) is 24.3 Å². The number of amides is 1. The van der Waals surface area contributed by atoms with Crippen molar-refractivity contribution in [3.63, 3.8) is 0 Å². The molecule has 0 aromatic heterocycles. The Bertz CT molecular complexity index is 453. The van der Waals surface area contributed by atoms with Crippen LogP contribution in [-0.4, -0.2) is 47.8 Å². The molecule has 0 bridgehead atoms. The van der Waals surface area contributed by atoms with E-state index in [1.807, 2.05) is 11.8 Å². The fourth-order valence-corrected chi connectivity index (χ4v) is 2.69. The van der Waals surface area contributed by atoms with Crippen LogP contribution in [0, 0.1) is 0 Å². The molecule has 116 valence electrons. The van der Waals surface area contributed by atoms with Gasteiger partial charge in [0.2, 0.25) is 5.91 Å². The van der Waals surface area contributed by atoms with Gasteiger partial charge >= 0.3 is 0 Å². The molecular weight excluding hydrogens is 268 g/mol. The molecule has 1 aliphatic rings. The molecule has 5 nitrogen and oxygen atoms in total. The van der Waals surface area contributed by atoms with Crippen molar-refractivity contribution >= 4 is 5.91 Å². The second kappa shape index (κ2) is 7.43. The molecule has 0 radical (unpaired) electrons. The summed E-state index contributed by atoms with van der Waals surface area (Å²) in [5.41, 5.74) is 6.98. The Hall–Kier alpha value is -1.59. The number of nitrogens with zero attached hydrogens (tertiary/aromatic N) is 1. The van der Waals surface area contributed by atoms with Crippen molar-refractivity contribution in [2.45, 2.75) is 38.3 Å². The van der Waals surface area contributed by atoms with Gasteiger partial charge in [-0.3, -0.25) is 4.79 Å². The number of carbonyl (C=O) groups is 1. The van der Waals surface area contributed by atoms with E-state index >= 15 is 0 Å². The quantitative estimate of drug-likeness (QED) is 0.857. The third kappa shape index (κ3) is 4.44. The van der Waals surface area contributed by atoms with Crippen LogP contribution in [0.4, 0.5) is 0 Å². The Labute approximate surface area is 125 Å². The van der Waals surface area contributed by atoms with Crippen LogP contribution in [0.2, 0.25) is 0 Å². The lowest BCUT2D eigenvalue weighted by Crippen LogP contribution is -2.49. The number of ether oxygens (including phenoxy) is 1. The fraction of sp³-hybridized carbons (Fsp3) is 0.562. The maximum absolute atomic E-state index is 12.3. The van der Waals surface area contributed by atoms with E-state index in [2.05, 4.69) is 0 Å². The molecule has 1 heterocycles. The summed E-state index contributed by atoms with van der Waals surface area (Å²) >= 11 is 0. The number of phenolic OH excluding ortho intramolecular Hbond substituents is 1. The highest BCUT2D eigenvalue weighted by Crippen LogP contribution is 2.16. The first-order valence-corrected chi connectivity index (χ1v) is 7.54. The highest BCUT2D eigenvalue weighted by atomic mass is 16.5. The third-order valence-corrected chi connectivity index (χ3v) is 3.87. The monoisotopic (exact) mass is 292 g/mol. The summed E-state index contributed by atoms with van der Waals surface area (Å²) in [6.45, 7) is 4.14. The maximum atomic E-state index is 12.3. The molecule has 5 heteroatoms. The predicted octanol–water partition coefficient (Wildman–Crippen LogP) is 1.29. The van der Waals surface area contributed by atoms with E-state index in [9.17, 15) is 9.90 Å². The van der Waals surface area contributed by atoms with Gasteiger partial charge in [0, 0.05) is 19.7 Å². The number of hydrogen-bond acceptors (Lipinski definition) is 4. The minimum Gasteiger partial charge on any atom is -0.508 e. The van der Waals surface area contributed by atoms with E-state index in [1.54, 1.807) is 24.3 Å². The Morgan fingerprint density at radius 2 is 2.00 bits per heavy atom. The highest BCUT2D eigenvalue weighted by Gasteiger charge is 2.26. The zero-order valence-corrected chi connectivity index (χ0v) is 12.5. The lowest BCUT2D eigenvalue weighted by atomic mass is 10.0. The van der Waals surface area contributed by atoms with Gasteiger partial charge in [0.25, 0.3) is 0 Å². The standard InChI is InChI=1S/C16H24N2O3/c1-2-21-14-7-9-18(10-8-14)16(20)15(17)11-12-3-5-13(19)6-4-12/h3-6,14-15,19H,2,7-11,17H2,1H3/t15-/m0/s1. The second-order valence-electron chi connectivity index (χ2n) is 5.46. The number of piperidine rings is 1. The Balaban J connectivity index is 1.84. The number of nitrogens with two attached hydrogens (primary N) is 1. The number of benzene rings is 1. The molecule has 21 heavy (non-hydrogen) atoms. The van der Waals surface area contributed by atoms with Gasteiger partial charge in [0.05, 0.1) is 12.1 Å². The van der Waals surface area contributed by atoms with E-state index in [0.29, 0.717) is 19.5 Å². The van der Waals surface area contributed by atoms with Crippen molar-refractivity contribution in [3.05, 3.63) is 29.8 Å². The number of rotatable bonds is 5. The van der Waals surface area contributed by atoms with Crippen LogP contribution < -0.4 is 5.73 Å². The van der Waals surface area contributed by atoms with Gasteiger partial charge in [-0.1, -0.05) is 12.1 Å². The fourth-order valence-electron chi connectivity index (χ4n) is 2.69. The third-order valence-electron chi connectivity index (χ3n) is 3.87. The molecule has 1 fully saturated rings. The van der Waals surface area contributed by atoms with Crippen LogP contribution in [-0.2, 0) is 16.0 Å². The zero-order valence-electron chi connectivity index (χ0n) is 12.5. The number of phenols is 1. The van der Waals surface area contributed by atoms with Gasteiger partial charge in [-0.25, -0.2) is 0 Å². The van der Waals surface area contributed by atoms with E-state index in [1.165, 1.54) is 0 Å². The smallest absolute Gasteiger partial charge is 0.239 e. The largest absolute Gasteiger partial charge is 0.508 e. The van der Waals surface area contributed by atoms with Crippen LogP contribution in [0.3, 0.4) is 0 Å². The number of hydrogen-bond donors (Lipinski definition) is 2. The predicted molar refractivity (Wildman–Crippen MR) is 81.0 cm³/mol. The second-order valence-corrected chi connectivity index (χ2v) is 5.46. The highest BCUT2D eigenvalue weighted by molar-refractivity contribution is 5.82. The van der Waals surface area contributed by atoms with Crippen molar-refractivity contribution in [1.29, 1.82) is 0 Å². The molecule has 1 atom stereocenters. The topological polar surface area (TPSA) is 75.8 Å². The lowest BCUT2D eigenvalue weighted by Gasteiger charge is -2.33. The molecule has 0 aliphatic carbocycles. The van der Waals surface area contributed by atoms with Crippen molar-refractivity contribution in [1.82, 2.24) is 4.90 Å². The van der Waals surface area contributed by atoms with E-state index in [4.69, 9.17) is 10.5 Å². The van der Waals surface area contributed by atoms with E-state index < -0.39 is 6.04 Å². The summed E-state index contributed by atoms with van der Waals surface area (Å²) in [5, 5.41) is 9.25. The Morgan fingerprint density at radius 3 is 2.57 bits per heavy atom. The normalized spacial score (nSPS) is 17.7. The summed E-state index contributed by atoms with van der Waals surface area (Å²) < 4.78 is 5.59. The Kier molecular flexibility index (Phi) is 5.59. The summed E-state index contributed by atoms with van der Waals surface area (Å²) in [4.78, 5) is 14.2. The average molecular weight is 292 g/mol. The SMILES string of the molecule is CCOC1CCN(C(=O)[C@@H](N)Cc2ccc(O)cc2)CC1. The van der Waals surface area contributed by atoms with Crippen LogP contribution >= 0.6 is 0 Å². The summed E-state index contributed by atoms with van der Waals surface area (Å²) in [7, 11) is 0. The molecule has 2 rings (SSSR count). The van der Waals surface area contributed by atoms with Crippen molar-refractivity contribution < 1.29 is 14.6 Å². The maximum Gasteiger partial charge on any atom is 0.239 e. The summed E-state index contributed by atoms with van der Waals surface area (Å²) in [5.74, 6) is 0.217. The number of carbonyl (C=O) groups excluding carboxylic acids is 1. The molecule has 1 aliphatic heterocycles. The van der Waals surface area contributed by atoms with Gasteiger partial charge in [-0.15, -0.1) is 0 Å². The van der Waals surface area contributed by atoms with Crippen LogP contribution in [0.1, 0.15) is 25.3 Å². The van der Waals surface area contributed by atoms with Crippen molar-refractivity contribution in [2.24, 2.45) is 5.73 Å². The van der Waals surface area contributed by atoms with Gasteiger partial charge in [0.15, 0.2) is 0 Å². The van der Waals surface area contributed by atoms with Crippen molar-refractivity contribution in [3.8, 4) is 5.75 Å². The molecule has 3 N–H and O–H groups in total. The summed E-state index contributed by atoms with van der Waals surface area (Å²) in [6, 6.07) is 6.28. The van der Waals surface area contributed by atoms with Gasteiger partial charge in [0.1, 0.15) is 5.75 Å². The Morgan fingerprint density at radius 1 is 1.38 bits per heavy atom. The lowest BCUT2D eigenvalue weighted by molar-refractivity contribution is -0.135. The van der Waals surface area contributed by atoms with E-state index in [0.717, 1.165) is 25.0 Å². The minimum atomic E-state index is -0.529. The van der Waals surface area contributed by atoms with Gasteiger partial charge in [-0.2, -0.15) is 0 Å². The van der Waals surface area contributed by atoms with Gasteiger partial charge in [-0.05, 0) is 43.9 Å². The first-order chi connectivity index (χ1) is 10.1. The summed E-state index contributed by atoms with van der Waals surface area (Å²) in [6.07, 6.45) is 2.52. The zero-order chi connectivity index (χ0) is 15.2. The molecule has 1 amide bonds. The molecule has 0 saturated carbocycles. The molecule has 1 aromatic rings. The molecule has 1 saturated heterocycles.